The molecule has 1 rings (SSSR count). The third-order valence-electron chi connectivity index (χ3n) is 1.87. The lowest BCUT2D eigenvalue weighted by molar-refractivity contribution is -0.387. The molecule has 0 amide bonds. The molecule has 0 fully saturated rings. The van der Waals surface area contributed by atoms with E-state index >= 15 is 0 Å². The highest BCUT2D eigenvalue weighted by molar-refractivity contribution is 9.10. The van der Waals surface area contributed by atoms with Crippen molar-refractivity contribution in [3.8, 4) is 0 Å². The van der Waals surface area contributed by atoms with E-state index < -0.39 is 41.4 Å². The van der Waals surface area contributed by atoms with E-state index in [0.717, 1.165) is 0 Å². The summed E-state index contributed by atoms with van der Waals surface area (Å²) < 4.78 is 60.0. The van der Waals surface area contributed by atoms with Gasteiger partial charge in [-0.1, -0.05) is 0 Å². The Morgan fingerprint density at radius 2 is 1.90 bits per heavy atom. The molecule has 0 bridgehead atoms. The molecule has 1 aromatic carbocycles. The van der Waals surface area contributed by atoms with Crippen LogP contribution in [0.2, 0.25) is 0 Å². The van der Waals surface area contributed by atoms with Crippen molar-refractivity contribution in [2.45, 2.75) is 0 Å². The van der Waals surface area contributed by atoms with Crippen LogP contribution in [0.1, 0.15) is 0 Å². The second kappa shape index (κ2) is 5.61. The van der Waals surface area contributed by atoms with Crippen molar-refractivity contribution in [1.29, 1.82) is 0 Å². The van der Waals surface area contributed by atoms with Gasteiger partial charge in [-0.15, -0.1) is 0 Å². The highest BCUT2D eigenvalue weighted by atomic mass is 79.9. The number of hydrogen-bond acceptors (Lipinski definition) is 6. The number of hydrogen-bond donors (Lipinski definition) is 1. The van der Waals surface area contributed by atoms with Gasteiger partial charge in [0.2, 0.25) is 15.8 Å². The summed E-state index contributed by atoms with van der Waals surface area (Å²) in [6.07, 6.45) is 0.717. The fraction of sp³-hybridized carbons (Fsp3) is 0.250. The molecule has 0 aromatic heterocycles. The summed E-state index contributed by atoms with van der Waals surface area (Å²) in [6, 6.07) is 1.36. The predicted octanol–water partition coefficient (Wildman–Crippen LogP) is 1.24. The zero-order valence-electron chi connectivity index (χ0n) is 9.83. The van der Waals surface area contributed by atoms with Gasteiger partial charge in [-0.25, -0.2) is 16.8 Å². The number of halogens is 2. The van der Waals surface area contributed by atoms with Crippen molar-refractivity contribution in [3.05, 3.63) is 32.5 Å². The summed E-state index contributed by atoms with van der Waals surface area (Å²) in [4.78, 5) is 9.53. The maximum Gasteiger partial charge on any atom is 0.306 e. The molecular weight excluding hydrogens is 383 g/mol. The minimum atomic E-state index is -4.28. The summed E-state index contributed by atoms with van der Waals surface area (Å²) >= 11 is 2.82. The number of rotatable bonds is 5. The third-order valence-corrected chi connectivity index (χ3v) is 6.01. The number of nitrogens with one attached hydrogen (secondary N) is 1. The van der Waals surface area contributed by atoms with Gasteiger partial charge < -0.3 is 0 Å². The van der Waals surface area contributed by atoms with E-state index in [0.29, 0.717) is 18.4 Å². The summed E-state index contributed by atoms with van der Waals surface area (Å²) in [5.41, 5.74) is -1.27. The number of anilines is 1. The molecule has 8 nitrogen and oxygen atoms in total. The molecule has 0 aliphatic heterocycles. The maximum absolute atomic E-state index is 13.2. The smallest absolute Gasteiger partial charge is 0.281 e. The first-order valence-electron chi connectivity index (χ1n) is 4.73. The predicted molar refractivity (Wildman–Crippen MR) is 73.0 cm³/mol. The first-order chi connectivity index (χ1) is 8.91. The lowest BCUT2D eigenvalue weighted by Crippen LogP contribution is -2.22. The Labute approximate surface area is 122 Å². The van der Waals surface area contributed by atoms with Crippen LogP contribution in [0.25, 0.3) is 0 Å². The van der Waals surface area contributed by atoms with E-state index in [-0.39, 0.29) is 10.2 Å². The standard InChI is InChI=1S/C8H8BrFN2O6S2/c1-19(15,16)4-20(17,18)11-7-3-8(12(13)14)6(10)2-5(7)9/h2-3,11H,4H2,1H3. The first kappa shape index (κ1) is 16.8. The van der Waals surface area contributed by atoms with Crippen molar-refractivity contribution in [1.82, 2.24) is 0 Å². The van der Waals surface area contributed by atoms with Crippen LogP contribution >= 0.6 is 15.9 Å². The zero-order valence-corrected chi connectivity index (χ0v) is 13.0. The van der Waals surface area contributed by atoms with Crippen LogP contribution in [-0.4, -0.2) is 33.1 Å². The Hall–Kier alpha value is -1.27. The molecule has 1 aromatic rings. The highest BCUT2D eigenvalue weighted by Crippen LogP contribution is 2.30. The number of nitrogens with zero attached hydrogens (tertiary/aromatic N) is 1. The van der Waals surface area contributed by atoms with Crippen molar-refractivity contribution in [2.75, 3.05) is 16.1 Å². The highest BCUT2D eigenvalue weighted by Gasteiger charge is 2.23. The molecule has 0 saturated heterocycles. The summed E-state index contributed by atoms with van der Waals surface area (Å²) in [5, 5.41) is 9.36. The second-order valence-corrected chi connectivity index (χ2v) is 8.88. The molecule has 0 atom stereocenters. The minimum Gasteiger partial charge on any atom is -0.281 e. The van der Waals surface area contributed by atoms with Gasteiger partial charge in [0, 0.05) is 16.8 Å². The Balaban J connectivity index is 3.22. The third kappa shape index (κ3) is 4.68. The van der Waals surface area contributed by atoms with Crippen molar-refractivity contribution in [2.24, 2.45) is 0 Å². The first-order valence-corrected chi connectivity index (χ1v) is 9.23. The molecule has 0 radical (unpaired) electrons. The molecule has 0 spiro atoms. The Morgan fingerprint density at radius 3 is 2.35 bits per heavy atom. The van der Waals surface area contributed by atoms with Crippen LogP contribution in [0.3, 0.4) is 0 Å². The largest absolute Gasteiger partial charge is 0.306 e. The summed E-state index contributed by atoms with van der Waals surface area (Å²) in [7, 11) is -8.11. The van der Waals surface area contributed by atoms with E-state index in [1.54, 1.807) is 0 Å². The van der Waals surface area contributed by atoms with Gasteiger partial charge in [0.1, 0.15) is 0 Å². The van der Waals surface area contributed by atoms with Crippen LogP contribution in [0.15, 0.2) is 16.6 Å². The molecule has 0 unspecified atom stereocenters. The van der Waals surface area contributed by atoms with E-state index in [1.165, 1.54) is 0 Å². The molecule has 112 valence electrons. The lowest BCUT2D eigenvalue weighted by atomic mass is 10.3. The van der Waals surface area contributed by atoms with Gasteiger partial charge >= 0.3 is 5.69 Å². The average molecular weight is 391 g/mol. The Kier molecular flexibility index (Phi) is 4.71. The Morgan fingerprint density at radius 1 is 1.35 bits per heavy atom. The zero-order chi connectivity index (χ0) is 15.7. The van der Waals surface area contributed by atoms with E-state index in [2.05, 4.69) is 15.9 Å². The lowest BCUT2D eigenvalue weighted by Gasteiger charge is -2.09. The molecule has 0 saturated carbocycles. The fourth-order valence-electron chi connectivity index (χ4n) is 1.23. The van der Waals surface area contributed by atoms with Crippen LogP contribution < -0.4 is 4.72 Å². The SMILES string of the molecule is CS(=O)(=O)CS(=O)(=O)Nc1cc([N+](=O)[O-])c(F)cc1Br. The summed E-state index contributed by atoms with van der Waals surface area (Å²) in [6.45, 7) is 0. The van der Waals surface area contributed by atoms with Gasteiger partial charge in [0.05, 0.1) is 10.6 Å². The monoisotopic (exact) mass is 390 g/mol. The maximum atomic E-state index is 13.2. The van der Waals surface area contributed by atoms with Crippen molar-refractivity contribution in [3.63, 3.8) is 0 Å². The normalized spacial score (nSPS) is 12.2. The average Bonchev–Trinajstić information content (AvgIpc) is 2.17. The molecule has 0 aliphatic carbocycles. The number of nitro benzene ring substituents is 1. The minimum absolute atomic E-state index is 0.0994. The van der Waals surface area contributed by atoms with E-state index in [9.17, 15) is 31.3 Å². The Bertz CT molecular complexity index is 761. The number of nitro groups is 1. The summed E-state index contributed by atoms with van der Waals surface area (Å²) in [5.74, 6) is -1.16. The number of sulfonamides is 1. The van der Waals surface area contributed by atoms with Crippen molar-refractivity contribution < 1.29 is 26.1 Å². The van der Waals surface area contributed by atoms with E-state index in [1.807, 2.05) is 4.72 Å². The number of benzene rings is 1. The molecule has 0 aliphatic rings. The van der Waals surface area contributed by atoms with Gasteiger partial charge in [-0.05, 0) is 22.0 Å². The van der Waals surface area contributed by atoms with Crippen LogP contribution in [0.4, 0.5) is 15.8 Å². The van der Waals surface area contributed by atoms with Crippen LogP contribution in [0.5, 0.6) is 0 Å². The van der Waals surface area contributed by atoms with Crippen LogP contribution in [-0.2, 0) is 19.9 Å². The van der Waals surface area contributed by atoms with Crippen LogP contribution in [0, 0.1) is 15.9 Å². The molecule has 12 heteroatoms. The van der Waals surface area contributed by atoms with Gasteiger partial charge in [0.15, 0.2) is 14.9 Å². The molecule has 1 N–H and O–H groups in total. The molecule has 0 heterocycles. The second-order valence-electron chi connectivity index (χ2n) is 3.80. The van der Waals surface area contributed by atoms with Crippen molar-refractivity contribution >= 4 is 47.2 Å². The van der Waals surface area contributed by atoms with Gasteiger partial charge in [0.25, 0.3) is 0 Å². The van der Waals surface area contributed by atoms with Gasteiger partial charge in [-0.3, -0.25) is 14.8 Å². The quantitative estimate of drug-likeness (QED) is 0.595. The molecular formula is C8H8BrFN2O6S2. The van der Waals surface area contributed by atoms with E-state index in [4.69, 9.17) is 0 Å². The fourth-order valence-corrected chi connectivity index (χ4v) is 4.77. The van der Waals surface area contributed by atoms with Gasteiger partial charge in [-0.2, -0.15) is 4.39 Å². The topological polar surface area (TPSA) is 123 Å². The molecule has 20 heavy (non-hydrogen) atoms. The number of sulfone groups is 1.